The summed E-state index contributed by atoms with van der Waals surface area (Å²) >= 11 is 0. The lowest BCUT2D eigenvalue weighted by molar-refractivity contribution is -0.322. The van der Waals surface area contributed by atoms with Gasteiger partial charge in [0, 0.05) is 18.8 Å². The Labute approximate surface area is 336 Å². The van der Waals surface area contributed by atoms with Crippen LogP contribution < -0.4 is 5.32 Å². The molecule has 4 saturated carbocycles. The Morgan fingerprint density at radius 3 is 2.30 bits per heavy atom. The smallest absolute Gasteiger partial charge is 0.315 e. The maximum atomic E-state index is 13.7. The fourth-order valence-corrected chi connectivity index (χ4v) is 14.2. The quantitative estimate of drug-likeness (QED) is 0.117. The number of amides is 1. The number of nitrogens with one attached hydrogen (secondary N) is 1. The minimum absolute atomic E-state index is 0.0497. The second kappa shape index (κ2) is 13.9. The van der Waals surface area contributed by atoms with Gasteiger partial charge in [0.1, 0.15) is 54.2 Å². The molecule has 2 bridgehead atoms. The first-order chi connectivity index (χ1) is 26.5. The highest BCUT2D eigenvalue weighted by Gasteiger charge is 2.74. The highest BCUT2D eigenvalue weighted by molar-refractivity contribution is 5.82. The number of allylic oxidation sites excluding steroid dienone is 2. The van der Waals surface area contributed by atoms with Crippen molar-refractivity contribution in [3.8, 4) is 0 Å². The largest absolute Gasteiger partial charge is 0.461 e. The lowest BCUT2D eigenvalue weighted by atomic mass is 9.33. The lowest BCUT2D eigenvalue weighted by Gasteiger charge is -2.71. The van der Waals surface area contributed by atoms with Crippen LogP contribution in [0.15, 0.2) is 11.6 Å². The molecule has 3 heterocycles. The molecule has 8 rings (SSSR count). The Bertz CT molecular complexity index is 1640. The fraction of sp³-hybridized carbons (Fsp3) is 0.907. The third kappa shape index (κ3) is 6.00. The number of carbonyl (C=O) groups is 2. The molecule has 0 aromatic rings. The summed E-state index contributed by atoms with van der Waals surface area (Å²) in [5.41, 5.74) is -0.570. The van der Waals surface area contributed by atoms with Crippen LogP contribution in [0.4, 0.5) is 0 Å². The average Bonchev–Trinajstić information content (AvgIpc) is 3.45. The zero-order valence-electron chi connectivity index (χ0n) is 34.8. The number of aliphatic hydroxyl groups is 6. The predicted molar refractivity (Wildman–Crippen MR) is 203 cm³/mol. The molecule has 19 unspecified atom stereocenters. The van der Waals surface area contributed by atoms with Crippen molar-refractivity contribution in [1.82, 2.24) is 5.32 Å². The van der Waals surface area contributed by atoms with Crippen LogP contribution in [0.25, 0.3) is 0 Å². The van der Waals surface area contributed by atoms with Gasteiger partial charge >= 0.3 is 5.97 Å². The monoisotopic (exact) mass is 805 g/mol. The van der Waals surface area contributed by atoms with E-state index in [9.17, 15) is 40.2 Å². The first kappa shape index (κ1) is 42.0. The Balaban J connectivity index is 1.03. The summed E-state index contributed by atoms with van der Waals surface area (Å²) in [5, 5.41) is 67.6. The number of aliphatic hydroxyl groups excluding tert-OH is 6. The van der Waals surface area contributed by atoms with Gasteiger partial charge in [-0.2, -0.15) is 0 Å². The second-order valence-electron chi connectivity index (χ2n) is 21.2. The van der Waals surface area contributed by atoms with Gasteiger partial charge in [-0.05, 0) is 84.4 Å². The number of hydrogen-bond donors (Lipinski definition) is 7. The zero-order valence-corrected chi connectivity index (χ0v) is 34.8. The van der Waals surface area contributed by atoms with Gasteiger partial charge in [-0.3, -0.25) is 9.59 Å². The van der Waals surface area contributed by atoms with E-state index in [2.05, 4.69) is 59.9 Å². The highest BCUT2D eigenvalue weighted by atomic mass is 16.7. The van der Waals surface area contributed by atoms with Gasteiger partial charge in [-0.1, -0.05) is 60.1 Å². The molecule has 8 aliphatic rings. The van der Waals surface area contributed by atoms with Crippen molar-refractivity contribution in [3.05, 3.63) is 11.6 Å². The van der Waals surface area contributed by atoms with Crippen molar-refractivity contribution in [2.45, 2.75) is 180 Å². The van der Waals surface area contributed by atoms with Crippen LogP contribution in [0.1, 0.15) is 107 Å². The van der Waals surface area contributed by atoms with Crippen molar-refractivity contribution in [1.29, 1.82) is 0 Å². The van der Waals surface area contributed by atoms with E-state index in [4.69, 9.17) is 23.7 Å². The number of rotatable bonds is 6. The SMILES string of the molecule is CC(=O)NC1C(OC2CCC3(C)C(CCC4(C)C3CC=C3C5CC(C)(C)C6CC5(C(=O)O6)C(O)CC34C)C2(C)C)OC(COC2OCC(O)C(O)C2O)C(O)C1O. The van der Waals surface area contributed by atoms with Gasteiger partial charge < -0.3 is 59.6 Å². The van der Waals surface area contributed by atoms with Gasteiger partial charge in [0.05, 0.1) is 25.4 Å². The summed E-state index contributed by atoms with van der Waals surface area (Å²) in [5.74, 6) is -0.144. The van der Waals surface area contributed by atoms with Crippen LogP contribution in [-0.4, -0.2) is 129 Å². The van der Waals surface area contributed by atoms with Crippen LogP contribution in [0.2, 0.25) is 0 Å². The molecule has 0 aromatic carbocycles. The van der Waals surface area contributed by atoms with Gasteiger partial charge in [-0.25, -0.2) is 0 Å². The van der Waals surface area contributed by atoms with Gasteiger partial charge in [0.15, 0.2) is 12.6 Å². The van der Waals surface area contributed by atoms with E-state index in [1.54, 1.807) is 0 Å². The molecule has 3 saturated heterocycles. The molecule has 0 aromatic heterocycles. The second-order valence-corrected chi connectivity index (χ2v) is 21.2. The number of ether oxygens (including phenoxy) is 5. The number of esters is 1. The summed E-state index contributed by atoms with van der Waals surface area (Å²) in [4.78, 5) is 26.0. The molecule has 1 spiro atoms. The van der Waals surface area contributed by atoms with E-state index >= 15 is 0 Å². The van der Waals surface area contributed by atoms with Crippen molar-refractivity contribution < 1.29 is 63.9 Å². The molecule has 57 heavy (non-hydrogen) atoms. The molecule has 14 heteroatoms. The number of hydrogen-bond acceptors (Lipinski definition) is 13. The number of carbonyl (C=O) groups excluding carboxylic acids is 2. The van der Waals surface area contributed by atoms with Crippen molar-refractivity contribution in [2.24, 2.45) is 50.2 Å². The van der Waals surface area contributed by atoms with E-state index in [0.717, 1.165) is 32.1 Å². The molecule has 19 atom stereocenters. The third-order valence-electron chi connectivity index (χ3n) is 17.7. The lowest BCUT2D eigenvalue weighted by Crippen LogP contribution is -2.68. The zero-order chi connectivity index (χ0) is 41.4. The Morgan fingerprint density at radius 2 is 1.60 bits per heavy atom. The van der Waals surface area contributed by atoms with Crippen LogP contribution in [0.3, 0.4) is 0 Å². The molecule has 14 nitrogen and oxygen atoms in total. The van der Waals surface area contributed by atoms with Crippen molar-refractivity contribution in [2.75, 3.05) is 13.2 Å². The normalized spacial score (nSPS) is 53.6. The maximum Gasteiger partial charge on any atom is 0.315 e. The van der Waals surface area contributed by atoms with Crippen LogP contribution in [-0.2, 0) is 33.3 Å². The van der Waals surface area contributed by atoms with Gasteiger partial charge in [-0.15, -0.1) is 0 Å². The predicted octanol–water partition coefficient (Wildman–Crippen LogP) is 2.09. The summed E-state index contributed by atoms with van der Waals surface area (Å²) in [6.07, 6.45) is -3.41. The average molecular weight is 806 g/mol. The molecular formula is C43H67NO13. The molecule has 7 N–H and O–H groups in total. The van der Waals surface area contributed by atoms with Gasteiger partial charge in [0.25, 0.3) is 0 Å². The first-order valence-corrected chi connectivity index (χ1v) is 21.3. The molecule has 0 radical (unpaired) electrons. The van der Waals surface area contributed by atoms with Crippen LogP contribution in [0.5, 0.6) is 0 Å². The molecule has 3 aliphatic heterocycles. The standard InChI is InChI=1S/C43H67NO13/c1-20(45)44-30-33(50)32(49)24(19-54-36-34(51)31(48)23(46)18-53-36)55-35(30)56-28-12-13-40(6)25(39(28,4)5)11-14-41(7)26(40)10-9-21-22-15-38(2,3)29-17-43(22,37(52)57-29)27(47)16-42(21,41)8/h9,22-36,46-51H,10-19H2,1-8H3,(H,44,45). The van der Waals surface area contributed by atoms with E-state index in [0.29, 0.717) is 25.2 Å². The molecular weight excluding hydrogens is 738 g/mol. The Hall–Kier alpha value is -1.72. The van der Waals surface area contributed by atoms with Crippen molar-refractivity contribution in [3.63, 3.8) is 0 Å². The van der Waals surface area contributed by atoms with Crippen LogP contribution >= 0.6 is 0 Å². The molecule has 1 amide bonds. The van der Waals surface area contributed by atoms with Crippen molar-refractivity contribution >= 4 is 11.9 Å². The van der Waals surface area contributed by atoms with E-state index in [1.807, 2.05) is 0 Å². The molecule has 7 fully saturated rings. The third-order valence-corrected chi connectivity index (χ3v) is 17.7. The minimum atomic E-state index is -1.55. The summed E-state index contributed by atoms with van der Waals surface area (Å²) in [6, 6.07) is -1.08. The Kier molecular flexibility index (Phi) is 10.2. The van der Waals surface area contributed by atoms with E-state index in [1.165, 1.54) is 12.5 Å². The minimum Gasteiger partial charge on any atom is -0.461 e. The number of fused-ring (bicyclic) bond motifs is 7. The van der Waals surface area contributed by atoms with E-state index in [-0.39, 0.29) is 70.3 Å². The fourth-order valence-electron chi connectivity index (χ4n) is 14.2. The first-order valence-electron chi connectivity index (χ1n) is 21.3. The summed E-state index contributed by atoms with van der Waals surface area (Å²) in [6.45, 7) is 16.8. The summed E-state index contributed by atoms with van der Waals surface area (Å²) < 4.78 is 30.2. The topological polar surface area (TPSA) is 214 Å². The summed E-state index contributed by atoms with van der Waals surface area (Å²) in [7, 11) is 0. The maximum absolute atomic E-state index is 13.7. The van der Waals surface area contributed by atoms with Gasteiger partial charge in [0.2, 0.25) is 5.91 Å². The molecule has 322 valence electrons. The highest BCUT2D eigenvalue weighted by Crippen LogP contribution is 2.76. The Morgan fingerprint density at radius 1 is 0.877 bits per heavy atom. The van der Waals surface area contributed by atoms with E-state index < -0.39 is 72.7 Å². The molecule has 5 aliphatic carbocycles. The van der Waals surface area contributed by atoms with Crippen LogP contribution in [0, 0.1) is 50.2 Å².